The molecule has 1 amide bonds. The molecule has 154 valence electrons. The Labute approximate surface area is 185 Å². The Bertz CT molecular complexity index is 1300. The molecule has 0 saturated heterocycles. The molecule has 4 rings (SSSR count). The van der Waals surface area contributed by atoms with Crippen molar-refractivity contribution < 1.29 is 4.79 Å². The molecular formula is C26H19N5O. The Kier molecular flexibility index (Phi) is 6.30. The molecule has 0 radical (unpaired) electrons. The average Bonchev–Trinajstić information content (AvgIpc) is 3.33. The average molecular weight is 417 g/mol. The number of aromatic nitrogens is 2. The van der Waals surface area contributed by atoms with E-state index in [1.807, 2.05) is 66.9 Å². The molecule has 0 aliphatic rings. The standard InChI is InChI=1S/C26H19N5O/c27-16-20-11-13-21(14-12-20)17-28-30-26(32)25(23-7-3-1-4-8-23)15-22-18-29-31(19-22)24-9-5-2-6-10-24/h1-15,17-19H,(H,30,32)/b25-15+,28-17+. The van der Waals surface area contributed by atoms with Crippen molar-refractivity contribution in [2.45, 2.75) is 0 Å². The number of rotatable bonds is 6. The molecule has 0 bridgehead atoms. The quantitative estimate of drug-likeness (QED) is 0.286. The number of hydrogen-bond acceptors (Lipinski definition) is 4. The summed E-state index contributed by atoms with van der Waals surface area (Å²) in [4.78, 5) is 13.0. The summed E-state index contributed by atoms with van der Waals surface area (Å²) in [6.45, 7) is 0. The van der Waals surface area contributed by atoms with Gasteiger partial charge in [-0.25, -0.2) is 10.1 Å². The van der Waals surface area contributed by atoms with Crippen LogP contribution in [0.4, 0.5) is 0 Å². The lowest BCUT2D eigenvalue weighted by Gasteiger charge is -2.06. The summed E-state index contributed by atoms with van der Waals surface area (Å²) in [6.07, 6.45) is 6.90. The zero-order valence-electron chi connectivity index (χ0n) is 17.1. The number of hydrazone groups is 1. The lowest BCUT2D eigenvalue weighted by Crippen LogP contribution is -2.19. The molecule has 6 heteroatoms. The number of hydrogen-bond donors (Lipinski definition) is 1. The highest BCUT2D eigenvalue weighted by molar-refractivity contribution is 6.24. The maximum atomic E-state index is 13.0. The van der Waals surface area contributed by atoms with E-state index in [9.17, 15) is 4.79 Å². The minimum absolute atomic E-state index is 0.339. The highest BCUT2D eigenvalue weighted by atomic mass is 16.2. The van der Waals surface area contributed by atoms with Gasteiger partial charge < -0.3 is 0 Å². The molecule has 3 aromatic carbocycles. The molecule has 32 heavy (non-hydrogen) atoms. The molecule has 0 fully saturated rings. The first kappa shape index (κ1) is 20.5. The van der Waals surface area contributed by atoms with Crippen LogP contribution < -0.4 is 5.43 Å². The molecular weight excluding hydrogens is 398 g/mol. The zero-order valence-corrected chi connectivity index (χ0v) is 17.1. The fourth-order valence-electron chi connectivity index (χ4n) is 3.07. The van der Waals surface area contributed by atoms with E-state index in [2.05, 4.69) is 21.7 Å². The van der Waals surface area contributed by atoms with Gasteiger partial charge in [0.15, 0.2) is 0 Å². The first-order chi connectivity index (χ1) is 15.7. The second-order valence-electron chi connectivity index (χ2n) is 6.91. The number of para-hydroxylation sites is 1. The highest BCUT2D eigenvalue weighted by Crippen LogP contribution is 2.19. The number of nitrogens with zero attached hydrogens (tertiary/aromatic N) is 4. The van der Waals surface area contributed by atoms with Gasteiger partial charge in [0.05, 0.1) is 29.7 Å². The van der Waals surface area contributed by atoms with Gasteiger partial charge in [0.1, 0.15) is 0 Å². The number of carbonyl (C=O) groups is 1. The van der Waals surface area contributed by atoms with Gasteiger partial charge >= 0.3 is 0 Å². The lowest BCUT2D eigenvalue weighted by molar-refractivity contribution is -0.115. The Hall–Kier alpha value is -4.76. The monoisotopic (exact) mass is 417 g/mol. The molecule has 6 nitrogen and oxygen atoms in total. The van der Waals surface area contributed by atoms with Crippen molar-refractivity contribution in [1.29, 1.82) is 5.26 Å². The van der Waals surface area contributed by atoms with E-state index in [0.717, 1.165) is 22.4 Å². The lowest BCUT2D eigenvalue weighted by atomic mass is 10.0. The summed E-state index contributed by atoms with van der Waals surface area (Å²) in [5, 5.41) is 17.3. The molecule has 0 atom stereocenters. The Morgan fingerprint density at radius 3 is 2.31 bits per heavy atom. The van der Waals surface area contributed by atoms with E-state index in [0.29, 0.717) is 11.1 Å². The summed E-state index contributed by atoms with van der Waals surface area (Å²) >= 11 is 0. The third-order valence-electron chi connectivity index (χ3n) is 4.68. The van der Waals surface area contributed by atoms with Crippen LogP contribution in [0.5, 0.6) is 0 Å². The predicted molar refractivity (Wildman–Crippen MR) is 125 cm³/mol. The van der Waals surface area contributed by atoms with Crippen molar-refractivity contribution in [1.82, 2.24) is 15.2 Å². The Morgan fingerprint density at radius 1 is 0.938 bits per heavy atom. The fourth-order valence-corrected chi connectivity index (χ4v) is 3.07. The molecule has 4 aromatic rings. The minimum atomic E-state index is -0.339. The second-order valence-corrected chi connectivity index (χ2v) is 6.91. The van der Waals surface area contributed by atoms with E-state index >= 15 is 0 Å². The number of nitriles is 1. The molecule has 0 aliphatic heterocycles. The number of nitrogens with one attached hydrogen (secondary N) is 1. The SMILES string of the molecule is N#Cc1ccc(/C=N/NC(=O)/C(=C/c2cnn(-c3ccccc3)c2)c2ccccc2)cc1. The Balaban J connectivity index is 1.57. The van der Waals surface area contributed by atoms with Crippen LogP contribution in [0, 0.1) is 11.3 Å². The maximum absolute atomic E-state index is 13.0. The third kappa shape index (κ3) is 5.04. The van der Waals surface area contributed by atoms with Gasteiger partial charge in [0, 0.05) is 17.3 Å². The van der Waals surface area contributed by atoms with Crippen LogP contribution >= 0.6 is 0 Å². The van der Waals surface area contributed by atoms with Crippen molar-refractivity contribution in [3.63, 3.8) is 0 Å². The normalized spacial score (nSPS) is 11.3. The van der Waals surface area contributed by atoms with Gasteiger partial charge in [0.2, 0.25) is 0 Å². The van der Waals surface area contributed by atoms with Gasteiger partial charge in [-0.2, -0.15) is 15.5 Å². The molecule has 0 saturated carbocycles. The van der Waals surface area contributed by atoms with Crippen molar-refractivity contribution in [2.75, 3.05) is 0 Å². The number of carbonyl (C=O) groups excluding carboxylic acids is 1. The zero-order chi connectivity index (χ0) is 22.2. The van der Waals surface area contributed by atoms with E-state index < -0.39 is 0 Å². The molecule has 0 aliphatic carbocycles. The van der Waals surface area contributed by atoms with Crippen LogP contribution in [0.3, 0.4) is 0 Å². The maximum Gasteiger partial charge on any atom is 0.271 e. The molecule has 0 unspecified atom stereocenters. The predicted octanol–water partition coefficient (Wildman–Crippen LogP) is 4.43. The van der Waals surface area contributed by atoms with Gasteiger partial charge in [-0.1, -0.05) is 60.7 Å². The largest absolute Gasteiger partial charge is 0.271 e. The van der Waals surface area contributed by atoms with Gasteiger partial charge in [-0.15, -0.1) is 0 Å². The van der Waals surface area contributed by atoms with Crippen LogP contribution in [0.25, 0.3) is 17.3 Å². The topological polar surface area (TPSA) is 83.1 Å². The molecule has 1 N–H and O–H groups in total. The van der Waals surface area contributed by atoms with Crippen molar-refractivity contribution in [3.8, 4) is 11.8 Å². The number of benzene rings is 3. The van der Waals surface area contributed by atoms with E-state index in [1.54, 1.807) is 41.2 Å². The van der Waals surface area contributed by atoms with Crippen molar-refractivity contribution >= 4 is 23.8 Å². The smallest absolute Gasteiger partial charge is 0.267 e. The number of amides is 1. The summed E-state index contributed by atoms with van der Waals surface area (Å²) in [5.41, 5.74) is 6.89. The first-order valence-electron chi connectivity index (χ1n) is 9.94. The van der Waals surface area contributed by atoms with Crippen LogP contribution in [-0.4, -0.2) is 21.9 Å². The second kappa shape index (κ2) is 9.83. The summed E-state index contributed by atoms with van der Waals surface area (Å²) < 4.78 is 1.76. The van der Waals surface area contributed by atoms with Gasteiger partial charge in [-0.05, 0) is 41.5 Å². The molecule has 1 aromatic heterocycles. The van der Waals surface area contributed by atoms with E-state index in [-0.39, 0.29) is 5.91 Å². The van der Waals surface area contributed by atoms with Crippen LogP contribution in [0.15, 0.2) is 102 Å². The minimum Gasteiger partial charge on any atom is -0.267 e. The van der Waals surface area contributed by atoms with Crippen molar-refractivity contribution in [2.24, 2.45) is 5.10 Å². The van der Waals surface area contributed by atoms with Crippen LogP contribution in [0.2, 0.25) is 0 Å². The Morgan fingerprint density at radius 2 is 1.62 bits per heavy atom. The van der Waals surface area contributed by atoms with Gasteiger partial charge in [0.25, 0.3) is 5.91 Å². The molecule has 0 spiro atoms. The fraction of sp³-hybridized carbons (Fsp3) is 0. The molecule has 1 heterocycles. The van der Waals surface area contributed by atoms with Crippen LogP contribution in [-0.2, 0) is 4.79 Å². The third-order valence-corrected chi connectivity index (χ3v) is 4.68. The van der Waals surface area contributed by atoms with Gasteiger partial charge in [-0.3, -0.25) is 4.79 Å². The summed E-state index contributed by atoms with van der Waals surface area (Å²) in [5.74, 6) is -0.339. The van der Waals surface area contributed by atoms with Crippen LogP contribution in [0.1, 0.15) is 22.3 Å². The van der Waals surface area contributed by atoms with E-state index in [1.165, 1.54) is 6.21 Å². The van der Waals surface area contributed by atoms with E-state index in [4.69, 9.17) is 5.26 Å². The highest BCUT2D eigenvalue weighted by Gasteiger charge is 2.12. The first-order valence-corrected chi connectivity index (χ1v) is 9.94. The summed E-state index contributed by atoms with van der Waals surface area (Å²) in [6, 6.07) is 28.2. The van der Waals surface area contributed by atoms with Crippen molar-refractivity contribution in [3.05, 3.63) is 120 Å². The summed E-state index contributed by atoms with van der Waals surface area (Å²) in [7, 11) is 0.